The fourth-order valence-electron chi connectivity index (χ4n) is 3.29. The Bertz CT molecular complexity index is 343. The number of hydrogen-bond donors (Lipinski definition) is 0. The van der Waals surface area contributed by atoms with Crippen LogP contribution in [0.25, 0.3) is 0 Å². The lowest BCUT2D eigenvalue weighted by atomic mass is 9.83. The van der Waals surface area contributed by atoms with Crippen molar-refractivity contribution in [2.45, 2.75) is 45.4 Å². The van der Waals surface area contributed by atoms with Gasteiger partial charge in [0, 0.05) is 4.88 Å². The van der Waals surface area contributed by atoms with Gasteiger partial charge in [-0.25, -0.2) is 0 Å². The van der Waals surface area contributed by atoms with Gasteiger partial charge in [-0.2, -0.15) is 0 Å². The van der Waals surface area contributed by atoms with Crippen molar-refractivity contribution in [2.24, 2.45) is 5.41 Å². The Morgan fingerprint density at radius 2 is 1.79 bits per heavy atom. The molecular formula is C12H15BrS. The number of halogens is 1. The predicted octanol–water partition coefficient (Wildman–Crippen LogP) is 4.48. The molecule has 1 aromatic rings. The summed E-state index contributed by atoms with van der Waals surface area (Å²) in [6, 6.07) is 0. The van der Waals surface area contributed by atoms with Crippen LogP contribution in [-0.4, -0.2) is 0 Å². The molecular weight excluding hydrogens is 256 g/mol. The van der Waals surface area contributed by atoms with Gasteiger partial charge in [-0.05, 0) is 65.1 Å². The summed E-state index contributed by atoms with van der Waals surface area (Å²) < 4.78 is 1.41. The number of rotatable bonds is 0. The Labute approximate surface area is 97.8 Å². The smallest absolute Gasteiger partial charge is 0.0736 e. The van der Waals surface area contributed by atoms with E-state index >= 15 is 0 Å². The first-order valence-electron chi connectivity index (χ1n) is 5.47. The Balaban J connectivity index is 2.00. The highest BCUT2D eigenvalue weighted by Gasteiger charge is 2.41. The van der Waals surface area contributed by atoms with Crippen molar-refractivity contribution in [1.29, 1.82) is 0 Å². The van der Waals surface area contributed by atoms with E-state index < -0.39 is 0 Å². The van der Waals surface area contributed by atoms with Crippen molar-refractivity contribution < 1.29 is 0 Å². The van der Waals surface area contributed by atoms with Crippen molar-refractivity contribution in [3.05, 3.63) is 19.8 Å². The van der Waals surface area contributed by atoms with Gasteiger partial charge in [0.25, 0.3) is 0 Å². The van der Waals surface area contributed by atoms with Crippen LogP contribution in [0.3, 0.4) is 0 Å². The standard InChI is InChI=1S/C12H15BrS/c1-8-9-6-12(4-2-3-5-12)7-10(9)11(13)14-8/h2-7H2,1H3. The molecule has 0 radical (unpaired) electrons. The second-order valence-corrected chi connectivity index (χ2v) is 7.49. The number of fused-ring (bicyclic) bond motifs is 1. The molecule has 0 nitrogen and oxygen atoms in total. The summed E-state index contributed by atoms with van der Waals surface area (Å²) in [5.41, 5.74) is 4.02. The van der Waals surface area contributed by atoms with Crippen LogP contribution < -0.4 is 0 Å². The Morgan fingerprint density at radius 3 is 2.43 bits per heavy atom. The van der Waals surface area contributed by atoms with Gasteiger partial charge in [-0.1, -0.05) is 12.8 Å². The van der Waals surface area contributed by atoms with Crippen LogP contribution >= 0.6 is 27.3 Å². The molecule has 2 aliphatic carbocycles. The zero-order valence-corrected chi connectivity index (χ0v) is 10.9. The normalized spacial score (nSPS) is 23.3. The molecule has 1 spiro atoms. The zero-order valence-electron chi connectivity index (χ0n) is 8.53. The van der Waals surface area contributed by atoms with Crippen LogP contribution in [0.15, 0.2) is 3.79 Å². The molecule has 1 fully saturated rings. The van der Waals surface area contributed by atoms with Crippen molar-refractivity contribution in [3.8, 4) is 0 Å². The lowest BCUT2D eigenvalue weighted by Gasteiger charge is -2.22. The van der Waals surface area contributed by atoms with Gasteiger partial charge in [-0.3, -0.25) is 0 Å². The average Bonchev–Trinajstić information content (AvgIpc) is 2.79. The van der Waals surface area contributed by atoms with Crippen molar-refractivity contribution in [3.63, 3.8) is 0 Å². The summed E-state index contributed by atoms with van der Waals surface area (Å²) in [5.74, 6) is 0. The molecule has 1 aromatic heterocycles. The average molecular weight is 271 g/mol. The van der Waals surface area contributed by atoms with Gasteiger partial charge in [0.1, 0.15) is 0 Å². The van der Waals surface area contributed by atoms with E-state index in [1.165, 1.54) is 42.3 Å². The molecule has 0 atom stereocenters. The largest absolute Gasteiger partial charge is 0.133 e. The lowest BCUT2D eigenvalue weighted by Crippen LogP contribution is -2.16. The maximum Gasteiger partial charge on any atom is 0.0736 e. The SMILES string of the molecule is Cc1sc(Br)c2c1CC1(CCCC1)C2. The Hall–Kier alpha value is 0.180. The summed E-state index contributed by atoms with van der Waals surface area (Å²) in [7, 11) is 0. The molecule has 2 heteroatoms. The van der Waals surface area contributed by atoms with E-state index in [4.69, 9.17) is 0 Å². The third kappa shape index (κ3) is 1.23. The van der Waals surface area contributed by atoms with Crippen molar-refractivity contribution >= 4 is 27.3 Å². The molecule has 1 heterocycles. The minimum absolute atomic E-state index is 0.686. The van der Waals surface area contributed by atoms with E-state index in [0.29, 0.717) is 5.41 Å². The van der Waals surface area contributed by atoms with Crippen LogP contribution in [0.2, 0.25) is 0 Å². The van der Waals surface area contributed by atoms with E-state index in [9.17, 15) is 0 Å². The molecule has 14 heavy (non-hydrogen) atoms. The van der Waals surface area contributed by atoms with Crippen LogP contribution in [0, 0.1) is 12.3 Å². The van der Waals surface area contributed by atoms with Gasteiger partial charge in [0.05, 0.1) is 3.79 Å². The first kappa shape index (κ1) is 9.41. The lowest BCUT2D eigenvalue weighted by molar-refractivity contribution is 0.317. The Kier molecular flexibility index (Phi) is 2.07. The van der Waals surface area contributed by atoms with Gasteiger partial charge in [-0.15, -0.1) is 11.3 Å². The molecule has 3 rings (SSSR count). The predicted molar refractivity (Wildman–Crippen MR) is 65.1 cm³/mol. The number of hydrogen-bond acceptors (Lipinski definition) is 1. The van der Waals surface area contributed by atoms with Gasteiger partial charge in [0.2, 0.25) is 0 Å². The molecule has 0 aliphatic heterocycles. The molecule has 0 N–H and O–H groups in total. The van der Waals surface area contributed by atoms with E-state index in [2.05, 4.69) is 22.9 Å². The first-order chi connectivity index (χ1) is 6.70. The van der Waals surface area contributed by atoms with E-state index in [0.717, 1.165) is 0 Å². The topological polar surface area (TPSA) is 0 Å². The fraction of sp³-hybridized carbons (Fsp3) is 0.667. The maximum atomic E-state index is 3.72. The summed E-state index contributed by atoms with van der Waals surface area (Å²) >= 11 is 5.65. The highest BCUT2D eigenvalue weighted by molar-refractivity contribution is 9.11. The fourth-order valence-corrected chi connectivity index (χ4v) is 5.30. The molecule has 0 bridgehead atoms. The van der Waals surface area contributed by atoms with E-state index in [-0.39, 0.29) is 0 Å². The minimum Gasteiger partial charge on any atom is -0.133 e. The second-order valence-electron chi connectivity index (χ2n) is 4.95. The molecule has 0 aromatic carbocycles. The summed E-state index contributed by atoms with van der Waals surface area (Å²) in [6.45, 7) is 2.28. The van der Waals surface area contributed by atoms with Crippen LogP contribution in [0.1, 0.15) is 41.7 Å². The van der Waals surface area contributed by atoms with Crippen LogP contribution in [-0.2, 0) is 12.8 Å². The minimum atomic E-state index is 0.686. The van der Waals surface area contributed by atoms with Gasteiger partial charge in [0.15, 0.2) is 0 Å². The third-order valence-electron chi connectivity index (χ3n) is 4.04. The summed E-state index contributed by atoms with van der Waals surface area (Å²) in [4.78, 5) is 1.55. The quantitative estimate of drug-likeness (QED) is 0.652. The molecule has 0 saturated heterocycles. The van der Waals surface area contributed by atoms with Gasteiger partial charge < -0.3 is 0 Å². The highest BCUT2D eigenvalue weighted by Crippen LogP contribution is 2.52. The summed E-state index contributed by atoms with van der Waals surface area (Å²) in [6.07, 6.45) is 8.59. The monoisotopic (exact) mass is 270 g/mol. The maximum absolute atomic E-state index is 3.72. The molecule has 76 valence electrons. The van der Waals surface area contributed by atoms with Crippen molar-refractivity contribution in [1.82, 2.24) is 0 Å². The molecule has 2 aliphatic rings. The highest BCUT2D eigenvalue weighted by atomic mass is 79.9. The second kappa shape index (κ2) is 3.08. The van der Waals surface area contributed by atoms with E-state index in [1.54, 1.807) is 16.0 Å². The van der Waals surface area contributed by atoms with Crippen molar-refractivity contribution in [2.75, 3.05) is 0 Å². The number of aryl methyl sites for hydroxylation is 1. The molecule has 1 saturated carbocycles. The first-order valence-corrected chi connectivity index (χ1v) is 7.08. The van der Waals surface area contributed by atoms with Gasteiger partial charge >= 0.3 is 0 Å². The Morgan fingerprint density at radius 1 is 1.14 bits per heavy atom. The number of thiophene rings is 1. The third-order valence-corrected chi connectivity index (χ3v) is 5.98. The van der Waals surface area contributed by atoms with Crippen LogP contribution in [0.4, 0.5) is 0 Å². The molecule has 0 amide bonds. The summed E-state index contributed by atoms with van der Waals surface area (Å²) in [5, 5.41) is 0. The van der Waals surface area contributed by atoms with Crippen LogP contribution in [0.5, 0.6) is 0 Å². The zero-order chi connectivity index (χ0) is 9.76. The molecule has 0 unspecified atom stereocenters. The van der Waals surface area contributed by atoms with E-state index in [1.807, 2.05) is 11.3 Å².